The van der Waals surface area contributed by atoms with Gasteiger partial charge in [0.2, 0.25) is 0 Å². The Hall–Kier alpha value is -1.11. The third-order valence-corrected chi connectivity index (χ3v) is 2.81. The lowest BCUT2D eigenvalue weighted by Gasteiger charge is -2.11. The topological polar surface area (TPSA) is 17.1 Å². The highest BCUT2D eigenvalue weighted by molar-refractivity contribution is 5.34. The lowest BCUT2D eigenvalue weighted by Crippen LogP contribution is -1.97. The third-order valence-electron chi connectivity index (χ3n) is 2.81. The van der Waals surface area contributed by atoms with Gasteiger partial charge in [-0.05, 0) is 42.9 Å². The average molecular weight is 280 g/mol. The largest absolute Gasteiger partial charge is 0.307 e. The van der Waals surface area contributed by atoms with Crippen molar-refractivity contribution in [2.75, 3.05) is 0 Å². The molecular formula is C19H36O. The van der Waals surface area contributed by atoms with Crippen LogP contribution in [-0.4, -0.2) is 6.79 Å². The minimum atomic E-state index is 1.24. The molecule has 0 atom stereocenters. The number of benzene rings is 1. The van der Waals surface area contributed by atoms with Crippen LogP contribution in [0.4, 0.5) is 0 Å². The summed E-state index contributed by atoms with van der Waals surface area (Å²) >= 11 is 0. The van der Waals surface area contributed by atoms with Gasteiger partial charge in [-0.3, -0.25) is 0 Å². The monoisotopic (exact) mass is 280 g/mol. The van der Waals surface area contributed by atoms with Crippen molar-refractivity contribution in [3.8, 4) is 0 Å². The Bertz CT molecular complexity index is 292. The van der Waals surface area contributed by atoms with E-state index in [0.717, 1.165) is 0 Å². The van der Waals surface area contributed by atoms with Crippen LogP contribution in [0.15, 0.2) is 18.2 Å². The van der Waals surface area contributed by atoms with Gasteiger partial charge in [0.05, 0.1) is 0 Å². The second kappa shape index (κ2) is 20.2. The van der Waals surface area contributed by atoms with Crippen LogP contribution in [0.5, 0.6) is 0 Å². The van der Waals surface area contributed by atoms with E-state index >= 15 is 0 Å². The summed E-state index contributed by atoms with van der Waals surface area (Å²) in [6, 6.07) is 6.72. The van der Waals surface area contributed by atoms with Crippen LogP contribution >= 0.6 is 0 Å². The molecule has 0 bridgehead atoms. The van der Waals surface area contributed by atoms with Crippen molar-refractivity contribution in [2.24, 2.45) is 0 Å². The number of hydrogen-bond acceptors (Lipinski definition) is 1. The molecule has 1 nitrogen and oxygen atoms in total. The Kier molecular flexibility index (Phi) is 24.2. The molecule has 0 amide bonds. The van der Waals surface area contributed by atoms with Crippen molar-refractivity contribution in [1.82, 2.24) is 0 Å². The number of hydrogen-bond donors (Lipinski definition) is 0. The van der Waals surface area contributed by atoms with Crippen LogP contribution in [0.1, 0.15) is 77.5 Å². The number of aryl methyl sites for hydroxylation is 2. The zero-order chi connectivity index (χ0) is 16.4. The fourth-order valence-corrected chi connectivity index (χ4v) is 1.98. The molecule has 0 heterocycles. The average Bonchev–Trinajstić information content (AvgIpc) is 2.53. The van der Waals surface area contributed by atoms with E-state index in [0.29, 0.717) is 0 Å². The first-order valence-corrected chi connectivity index (χ1v) is 8.15. The summed E-state index contributed by atoms with van der Waals surface area (Å²) in [4.78, 5) is 8.00. The molecule has 118 valence electrons. The molecule has 1 heteroatoms. The Morgan fingerprint density at radius 1 is 0.900 bits per heavy atom. The molecule has 0 spiro atoms. The molecule has 0 unspecified atom stereocenters. The first kappa shape index (κ1) is 23.9. The molecule has 0 N–H and O–H groups in total. The molecule has 1 rings (SSSR count). The highest BCUT2D eigenvalue weighted by Gasteiger charge is 2.03. The number of rotatable bonds is 5. The summed E-state index contributed by atoms with van der Waals surface area (Å²) < 4.78 is 0. The predicted molar refractivity (Wildman–Crippen MR) is 93.6 cm³/mol. The van der Waals surface area contributed by atoms with E-state index in [4.69, 9.17) is 4.79 Å². The molecule has 0 saturated carbocycles. The van der Waals surface area contributed by atoms with Crippen molar-refractivity contribution in [3.63, 3.8) is 0 Å². The van der Waals surface area contributed by atoms with Gasteiger partial charge in [-0.25, -0.2) is 0 Å². The first-order valence-electron chi connectivity index (χ1n) is 8.15. The van der Waals surface area contributed by atoms with Crippen molar-refractivity contribution >= 4 is 6.79 Å². The van der Waals surface area contributed by atoms with Gasteiger partial charge in [-0.2, -0.15) is 0 Å². The van der Waals surface area contributed by atoms with Gasteiger partial charge in [0.25, 0.3) is 0 Å². The normalized spacial score (nSPS) is 8.15. The maximum absolute atomic E-state index is 8.00. The van der Waals surface area contributed by atoms with Crippen molar-refractivity contribution in [3.05, 3.63) is 34.9 Å². The molecule has 0 aromatic heterocycles. The molecule has 1 aromatic rings. The Morgan fingerprint density at radius 2 is 1.45 bits per heavy atom. The van der Waals surface area contributed by atoms with E-state index < -0.39 is 0 Å². The highest BCUT2D eigenvalue weighted by Crippen LogP contribution is 2.18. The molecule has 0 aliphatic heterocycles. The fourth-order valence-electron chi connectivity index (χ4n) is 1.98. The number of carbonyl (C=O) groups is 1. The van der Waals surface area contributed by atoms with Gasteiger partial charge >= 0.3 is 0 Å². The highest BCUT2D eigenvalue weighted by atomic mass is 16.1. The predicted octanol–water partition coefficient (Wildman–Crippen LogP) is 6.16. The minimum absolute atomic E-state index is 1.24. The molecule has 0 saturated heterocycles. The summed E-state index contributed by atoms with van der Waals surface area (Å²) in [5.41, 5.74) is 4.65. The van der Waals surface area contributed by atoms with E-state index in [1.54, 1.807) is 11.1 Å². The number of carbonyl (C=O) groups excluding carboxylic acids is 1. The second-order valence-corrected chi connectivity index (χ2v) is 4.07. The fraction of sp³-hybridized carbons (Fsp3) is 0.632. The Morgan fingerprint density at radius 3 is 1.90 bits per heavy atom. The van der Waals surface area contributed by atoms with Crippen LogP contribution in [0, 0.1) is 6.92 Å². The minimum Gasteiger partial charge on any atom is -0.307 e. The van der Waals surface area contributed by atoms with Crippen molar-refractivity contribution in [2.45, 2.75) is 80.6 Å². The van der Waals surface area contributed by atoms with Crippen LogP contribution in [0.25, 0.3) is 0 Å². The quantitative estimate of drug-likeness (QED) is 0.631. The lowest BCUT2D eigenvalue weighted by molar-refractivity contribution is -0.0979. The Labute approximate surface area is 127 Å². The van der Waals surface area contributed by atoms with Gasteiger partial charge in [-0.1, -0.05) is 72.6 Å². The van der Waals surface area contributed by atoms with Crippen molar-refractivity contribution < 1.29 is 4.79 Å². The summed E-state index contributed by atoms with van der Waals surface area (Å²) in [5, 5.41) is 0. The zero-order valence-electron chi connectivity index (χ0n) is 14.9. The van der Waals surface area contributed by atoms with E-state index in [-0.39, 0.29) is 0 Å². The molecule has 0 aliphatic rings. The molecule has 20 heavy (non-hydrogen) atoms. The maximum Gasteiger partial charge on any atom is 0.106 e. The number of unbranched alkanes of at least 4 members (excludes halogenated alkanes) is 1. The van der Waals surface area contributed by atoms with Gasteiger partial charge in [0.1, 0.15) is 6.79 Å². The zero-order valence-corrected chi connectivity index (χ0v) is 14.9. The molecule has 0 radical (unpaired) electrons. The molecule has 1 aromatic carbocycles. The summed E-state index contributed by atoms with van der Waals surface area (Å²) in [6.45, 7) is 16.8. The third kappa shape index (κ3) is 10.8. The van der Waals surface area contributed by atoms with E-state index in [1.807, 2.05) is 34.5 Å². The molecular weight excluding hydrogens is 244 g/mol. The van der Waals surface area contributed by atoms with Gasteiger partial charge < -0.3 is 4.79 Å². The standard InChI is InChI=1S/C14H22.2C2H6.CH2O/c1-4-6-11-14-12(3)9-7-10-13(14)8-5-2;3*1-2/h7,9-10H,4-6,8,11H2,1-3H3;2*1-2H3;1H2. The second-order valence-electron chi connectivity index (χ2n) is 4.07. The van der Waals surface area contributed by atoms with Crippen molar-refractivity contribution in [1.29, 1.82) is 0 Å². The van der Waals surface area contributed by atoms with Crippen LogP contribution in [-0.2, 0) is 17.6 Å². The maximum atomic E-state index is 8.00. The Balaban J connectivity index is -0.000000425. The van der Waals surface area contributed by atoms with Gasteiger partial charge in [0, 0.05) is 0 Å². The van der Waals surface area contributed by atoms with E-state index in [2.05, 4.69) is 39.0 Å². The summed E-state index contributed by atoms with van der Waals surface area (Å²) in [6.07, 6.45) is 6.36. The summed E-state index contributed by atoms with van der Waals surface area (Å²) in [7, 11) is 0. The first-order chi connectivity index (χ1) is 9.79. The lowest BCUT2D eigenvalue weighted by atomic mass is 9.95. The van der Waals surface area contributed by atoms with Crippen LogP contribution in [0.2, 0.25) is 0 Å². The van der Waals surface area contributed by atoms with Crippen LogP contribution in [0.3, 0.4) is 0 Å². The van der Waals surface area contributed by atoms with Gasteiger partial charge in [-0.15, -0.1) is 0 Å². The smallest absolute Gasteiger partial charge is 0.106 e. The van der Waals surface area contributed by atoms with E-state index in [9.17, 15) is 0 Å². The molecule has 0 aliphatic carbocycles. The van der Waals surface area contributed by atoms with Gasteiger partial charge in [0.15, 0.2) is 0 Å². The SMILES string of the molecule is C=O.CC.CC.CCCCc1c(C)cccc1CCC. The van der Waals surface area contributed by atoms with E-state index in [1.165, 1.54) is 37.7 Å². The van der Waals surface area contributed by atoms with Crippen LogP contribution < -0.4 is 0 Å². The summed E-state index contributed by atoms with van der Waals surface area (Å²) in [5.74, 6) is 0. The molecule has 0 fully saturated rings.